The Balaban J connectivity index is 2.63. The van der Waals surface area contributed by atoms with E-state index in [1.54, 1.807) is 14.0 Å². The molecule has 0 saturated carbocycles. The van der Waals surface area contributed by atoms with Crippen molar-refractivity contribution in [2.45, 2.75) is 26.2 Å². The molecule has 0 aliphatic carbocycles. The Bertz CT molecular complexity index is 508. The topological polar surface area (TPSA) is 97.4 Å². The van der Waals surface area contributed by atoms with Crippen LogP contribution in [-0.2, 0) is 9.47 Å². The zero-order valence-electron chi connectivity index (χ0n) is 12.4. The number of hydrogen-bond donors (Lipinski definition) is 2. The Morgan fingerprint density at radius 3 is 2.81 bits per heavy atom. The van der Waals surface area contributed by atoms with Crippen LogP contribution in [0.2, 0.25) is 0 Å². The first-order valence-corrected chi connectivity index (χ1v) is 7.69. The summed E-state index contributed by atoms with van der Waals surface area (Å²) in [7, 11) is 1.68. The van der Waals surface area contributed by atoms with Gasteiger partial charge in [0.05, 0.1) is 12.3 Å². The fraction of sp³-hybridized carbons (Fsp3) is 0.571. The number of ether oxygens (including phenoxy) is 2. The van der Waals surface area contributed by atoms with E-state index in [-0.39, 0.29) is 17.2 Å². The van der Waals surface area contributed by atoms with E-state index < -0.39 is 5.97 Å². The molecule has 0 aliphatic rings. The van der Waals surface area contributed by atoms with Crippen LogP contribution in [0, 0.1) is 11.3 Å². The lowest BCUT2D eigenvalue weighted by Crippen LogP contribution is -2.05. The van der Waals surface area contributed by atoms with Crippen LogP contribution in [-0.4, -0.2) is 32.8 Å². The maximum Gasteiger partial charge on any atom is 0.350 e. The van der Waals surface area contributed by atoms with Crippen LogP contribution < -0.4 is 11.1 Å². The quantitative estimate of drug-likeness (QED) is 0.537. The largest absolute Gasteiger partial charge is 0.462 e. The fourth-order valence-electron chi connectivity index (χ4n) is 1.78. The van der Waals surface area contributed by atoms with E-state index in [2.05, 4.69) is 5.32 Å². The highest BCUT2D eigenvalue weighted by atomic mass is 32.1. The van der Waals surface area contributed by atoms with Gasteiger partial charge in [0.2, 0.25) is 0 Å². The first kappa shape index (κ1) is 17.3. The maximum absolute atomic E-state index is 11.8. The fourth-order valence-corrected chi connectivity index (χ4v) is 2.77. The highest BCUT2D eigenvalue weighted by Gasteiger charge is 2.21. The molecule has 1 rings (SSSR count). The van der Waals surface area contributed by atoms with E-state index in [1.165, 1.54) is 11.3 Å². The molecule has 0 fully saturated rings. The van der Waals surface area contributed by atoms with Crippen LogP contribution >= 0.6 is 11.3 Å². The molecular weight excluding hydrogens is 290 g/mol. The number of nitrogens with zero attached hydrogens (tertiary/aromatic N) is 1. The Hall–Kier alpha value is -1.78. The SMILES string of the molecule is CCOC(=O)c1sc(NCCCCCOC)c(C#N)c1N. The zero-order valence-corrected chi connectivity index (χ0v) is 13.2. The standard InChI is InChI=1S/C14H21N3O3S/c1-3-20-14(18)12-11(16)10(9-15)13(21-12)17-7-5-4-6-8-19-2/h17H,3-8,16H2,1-2H3. The summed E-state index contributed by atoms with van der Waals surface area (Å²) in [6, 6.07) is 2.04. The number of nitrogens with one attached hydrogen (secondary N) is 1. The molecule has 7 heteroatoms. The highest BCUT2D eigenvalue weighted by molar-refractivity contribution is 7.18. The molecule has 0 aliphatic heterocycles. The molecule has 0 unspecified atom stereocenters. The van der Waals surface area contributed by atoms with Crippen LogP contribution in [0.4, 0.5) is 10.7 Å². The van der Waals surface area contributed by atoms with E-state index >= 15 is 0 Å². The molecule has 1 aromatic rings. The molecule has 116 valence electrons. The summed E-state index contributed by atoms with van der Waals surface area (Å²) in [6.45, 7) is 3.48. The minimum absolute atomic E-state index is 0.197. The first-order chi connectivity index (χ1) is 10.2. The predicted molar refractivity (Wildman–Crippen MR) is 83.6 cm³/mol. The van der Waals surface area contributed by atoms with Gasteiger partial charge >= 0.3 is 5.97 Å². The van der Waals surface area contributed by atoms with Crippen molar-refractivity contribution < 1.29 is 14.3 Å². The molecule has 6 nitrogen and oxygen atoms in total. The molecule has 21 heavy (non-hydrogen) atoms. The predicted octanol–water partition coefficient (Wildman–Crippen LogP) is 2.61. The minimum Gasteiger partial charge on any atom is -0.462 e. The summed E-state index contributed by atoms with van der Waals surface area (Å²) in [5, 5.41) is 13.0. The van der Waals surface area contributed by atoms with Crippen molar-refractivity contribution in [2.24, 2.45) is 0 Å². The smallest absolute Gasteiger partial charge is 0.350 e. The van der Waals surface area contributed by atoms with Crippen molar-refractivity contribution in [3.63, 3.8) is 0 Å². The molecule has 0 radical (unpaired) electrons. The Morgan fingerprint density at radius 2 is 2.19 bits per heavy atom. The number of methoxy groups -OCH3 is 1. The molecule has 3 N–H and O–H groups in total. The van der Waals surface area contributed by atoms with Crippen LogP contribution in [0.25, 0.3) is 0 Å². The number of carbonyl (C=O) groups excluding carboxylic acids is 1. The average molecular weight is 311 g/mol. The van der Waals surface area contributed by atoms with Crippen molar-refractivity contribution in [3.8, 4) is 6.07 Å². The number of hydrogen-bond acceptors (Lipinski definition) is 7. The number of esters is 1. The minimum atomic E-state index is -0.482. The number of carbonyl (C=O) groups is 1. The van der Waals surface area contributed by atoms with Crippen molar-refractivity contribution in [1.82, 2.24) is 0 Å². The molecule has 0 spiro atoms. The summed E-state index contributed by atoms with van der Waals surface area (Å²) in [5.41, 5.74) is 6.36. The Morgan fingerprint density at radius 1 is 1.43 bits per heavy atom. The van der Waals surface area contributed by atoms with Crippen molar-refractivity contribution >= 4 is 28.0 Å². The van der Waals surface area contributed by atoms with Crippen molar-refractivity contribution in [3.05, 3.63) is 10.4 Å². The van der Waals surface area contributed by atoms with Crippen molar-refractivity contribution in [1.29, 1.82) is 5.26 Å². The van der Waals surface area contributed by atoms with Gasteiger partial charge in [-0.15, -0.1) is 11.3 Å². The molecular formula is C14H21N3O3S. The molecule has 0 atom stereocenters. The molecule has 1 heterocycles. The maximum atomic E-state index is 11.8. The third kappa shape index (κ3) is 4.92. The van der Waals surface area contributed by atoms with Gasteiger partial charge in [-0.1, -0.05) is 0 Å². The average Bonchev–Trinajstić information content (AvgIpc) is 2.79. The summed E-state index contributed by atoms with van der Waals surface area (Å²) >= 11 is 1.17. The van der Waals surface area contributed by atoms with Crippen LogP contribution in [0.1, 0.15) is 41.4 Å². The van der Waals surface area contributed by atoms with E-state index in [0.29, 0.717) is 10.6 Å². The number of nitrogen functional groups attached to an aromatic ring is 1. The van der Waals surface area contributed by atoms with Gasteiger partial charge in [-0.05, 0) is 26.2 Å². The lowest BCUT2D eigenvalue weighted by atomic mass is 10.2. The first-order valence-electron chi connectivity index (χ1n) is 6.88. The van der Waals surface area contributed by atoms with E-state index in [0.717, 1.165) is 32.4 Å². The monoisotopic (exact) mass is 311 g/mol. The van der Waals surface area contributed by atoms with Crippen molar-refractivity contribution in [2.75, 3.05) is 37.9 Å². The lowest BCUT2D eigenvalue weighted by molar-refractivity contribution is 0.0533. The van der Waals surface area contributed by atoms with Crippen LogP contribution in [0.15, 0.2) is 0 Å². The molecule has 0 amide bonds. The molecule has 0 saturated heterocycles. The van der Waals surface area contributed by atoms with Gasteiger partial charge in [0, 0.05) is 20.3 Å². The second-order valence-corrected chi connectivity index (χ2v) is 5.38. The Labute approximate surface area is 128 Å². The number of nitriles is 1. The highest BCUT2D eigenvalue weighted by Crippen LogP contribution is 2.35. The number of nitrogens with two attached hydrogens (primary N) is 1. The van der Waals surface area contributed by atoms with Gasteiger partial charge < -0.3 is 20.5 Å². The number of anilines is 2. The number of rotatable bonds is 9. The lowest BCUT2D eigenvalue weighted by Gasteiger charge is -2.04. The second kappa shape index (κ2) is 9.21. The molecule has 0 aromatic carbocycles. The van der Waals surface area contributed by atoms with Crippen LogP contribution in [0.5, 0.6) is 0 Å². The van der Waals surface area contributed by atoms with Gasteiger partial charge in [-0.25, -0.2) is 4.79 Å². The number of thiophene rings is 1. The second-order valence-electron chi connectivity index (χ2n) is 4.36. The van der Waals surface area contributed by atoms with Gasteiger partial charge in [-0.3, -0.25) is 0 Å². The van der Waals surface area contributed by atoms with E-state index in [1.807, 2.05) is 6.07 Å². The summed E-state index contributed by atoms with van der Waals surface area (Å²) in [4.78, 5) is 12.0. The third-order valence-electron chi connectivity index (χ3n) is 2.83. The molecule has 0 bridgehead atoms. The van der Waals surface area contributed by atoms with E-state index in [4.69, 9.17) is 20.5 Å². The Kier molecular flexibility index (Phi) is 7.58. The van der Waals surface area contributed by atoms with Gasteiger partial charge in [-0.2, -0.15) is 5.26 Å². The normalized spacial score (nSPS) is 10.1. The summed E-state index contributed by atoms with van der Waals surface area (Å²) in [5.74, 6) is -0.482. The zero-order chi connectivity index (χ0) is 15.7. The van der Waals surface area contributed by atoms with Crippen LogP contribution in [0.3, 0.4) is 0 Å². The van der Waals surface area contributed by atoms with E-state index in [9.17, 15) is 4.79 Å². The number of unbranched alkanes of at least 4 members (excludes halogenated alkanes) is 2. The van der Waals surface area contributed by atoms with Gasteiger partial charge in [0.15, 0.2) is 0 Å². The van der Waals surface area contributed by atoms with Gasteiger partial charge in [0.25, 0.3) is 0 Å². The summed E-state index contributed by atoms with van der Waals surface area (Å²) in [6.07, 6.45) is 3.00. The van der Waals surface area contributed by atoms with Gasteiger partial charge in [0.1, 0.15) is 21.5 Å². The molecule has 1 aromatic heterocycles. The summed E-state index contributed by atoms with van der Waals surface area (Å²) < 4.78 is 9.91. The third-order valence-corrected chi connectivity index (χ3v) is 3.97.